The number of aromatic amines is 1. The second-order valence-electron chi connectivity index (χ2n) is 7.95. The molecule has 4 aromatic rings. The van der Waals surface area contributed by atoms with Gasteiger partial charge in [-0.25, -0.2) is 15.0 Å². The number of nitrogen functional groups attached to an aromatic ring is 1. The van der Waals surface area contributed by atoms with Crippen LogP contribution in [0.25, 0.3) is 22.6 Å². The highest BCUT2D eigenvalue weighted by Crippen LogP contribution is 2.32. The van der Waals surface area contributed by atoms with E-state index >= 15 is 0 Å². The maximum atomic E-state index is 13.0. The van der Waals surface area contributed by atoms with Crippen LogP contribution in [0.1, 0.15) is 40.3 Å². The number of nitrogens with zero attached hydrogens (tertiary/aromatic N) is 5. The van der Waals surface area contributed by atoms with Gasteiger partial charge in [0.25, 0.3) is 5.91 Å². The van der Waals surface area contributed by atoms with E-state index < -0.39 is 23.7 Å². The summed E-state index contributed by atoms with van der Waals surface area (Å²) in [4.78, 5) is 29.8. The largest absolute Gasteiger partial charge is 0.416 e. The molecular weight excluding hydrogens is 453 g/mol. The summed E-state index contributed by atoms with van der Waals surface area (Å²) in [5.41, 5.74) is 6.72. The second-order valence-corrected chi connectivity index (χ2v) is 7.95. The lowest BCUT2D eigenvalue weighted by Gasteiger charge is -2.16. The molecule has 0 bridgehead atoms. The fourth-order valence-corrected chi connectivity index (χ4v) is 3.34. The van der Waals surface area contributed by atoms with Crippen molar-refractivity contribution >= 4 is 22.8 Å². The van der Waals surface area contributed by atoms with Crippen LogP contribution in [0.2, 0.25) is 0 Å². The van der Waals surface area contributed by atoms with Gasteiger partial charge < -0.3 is 25.5 Å². The molecule has 0 saturated heterocycles. The first-order valence-corrected chi connectivity index (χ1v) is 10.1. The molecule has 0 fully saturated rings. The minimum Gasteiger partial charge on any atom is -0.383 e. The minimum absolute atomic E-state index is 0.148. The lowest BCUT2D eigenvalue weighted by atomic mass is 10.1. The summed E-state index contributed by atoms with van der Waals surface area (Å²) in [6, 6.07) is 4.18. The Bertz CT molecular complexity index is 1350. The normalized spacial score (nSPS) is 12.9. The van der Waals surface area contributed by atoms with Crippen molar-refractivity contribution in [3.05, 3.63) is 53.1 Å². The molecule has 1 amide bonds. The average molecular weight is 474 g/mol. The third-order valence-corrected chi connectivity index (χ3v) is 5.03. The lowest BCUT2D eigenvalue weighted by molar-refractivity contribution is -0.137. The van der Waals surface area contributed by atoms with Crippen molar-refractivity contribution in [2.45, 2.75) is 25.7 Å². The van der Waals surface area contributed by atoms with E-state index in [1.807, 2.05) is 19.0 Å². The Balaban J connectivity index is 1.54. The van der Waals surface area contributed by atoms with Gasteiger partial charge in [-0.05, 0) is 39.2 Å². The number of nitrogens with one attached hydrogen (secondary N) is 2. The molecule has 3 aromatic heterocycles. The summed E-state index contributed by atoms with van der Waals surface area (Å²) in [5.74, 6) is 0.166. The number of aromatic nitrogens is 5. The first kappa shape index (κ1) is 23.2. The second kappa shape index (κ2) is 8.74. The van der Waals surface area contributed by atoms with Gasteiger partial charge in [0, 0.05) is 18.2 Å². The van der Waals surface area contributed by atoms with Crippen molar-refractivity contribution in [3.8, 4) is 11.6 Å². The summed E-state index contributed by atoms with van der Waals surface area (Å²) < 4.78 is 44.2. The SMILES string of the molecule is C[C@@H](NC(=O)c1ncnc(N)c1CN(C)C)c1cc(-c2nc3ccc(C(F)(F)F)cc3[nH]2)on1. The van der Waals surface area contributed by atoms with Crippen LogP contribution in [0.15, 0.2) is 35.1 Å². The smallest absolute Gasteiger partial charge is 0.383 e. The monoisotopic (exact) mass is 474 g/mol. The molecule has 0 saturated carbocycles. The van der Waals surface area contributed by atoms with Crippen LogP contribution in [0.3, 0.4) is 0 Å². The van der Waals surface area contributed by atoms with Gasteiger partial charge in [-0.15, -0.1) is 0 Å². The van der Waals surface area contributed by atoms with E-state index in [1.165, 1.54) is 12.4 Å². The summed E-state index contributed by atoms with van der Waals surface area (Å²) in [7, 11) is 3.66. The number of carbonyl (C=O) groups excluding carboxylic acids is 1. The van der Waals surface area contributed by atoms with Crippen molar-refractivity contribution in [3.63, 3.8) is 0 Å². The summed E-state index contributed by atoms with van der Waals surface area (Å²) in [5, 5.41) is 6.75. The van der Waals surface area contributed by atoms with E-state index in [9.17, 15) is 18.0 Å². The van der Waals surface area contributed by atoms with E-state index in [0.29, 0.717) is 23.3 Å². The molecular formula is C21H21F3N8O2. The van der Waals surface area contributed by atoms with Gasteiger partial charge in [0.1, 0.15) is 23.5 Å². The summed E-state index contributed by atoms with van der Waals surface area (Å²) in [6.07, 6.45) is -3.25. The van der Waals surface area contributed by atoms with Crippen LogP contribution < -0.4 is 11.1 Å². The average Bonchev–Trinajstić information content (AvgIpc) is 3.40. The molecule has 1 aromatic carbocycles. The Kier molecular flexibility index (Phi) is 5.96. The van der Waals surface area contributed by atoms with Crippen molar-refractivity contribution in [1.29, 1.82) is 0 Å². The Morgan fingerprint density at radius 2 is 2.03 bits per heavy atom. The number of anilines is 1. The van der Waals surface area contributed by atoms with Gasteiger partial charge in [0.2, 0.25) is 5.76 Å². The molecule has 10 nitrogen and oxygen atoms in total. The number of hydrogen-bond acceptors (Lipinski definition) is 8. The van der Waals surface area contributed by atoms with Crippen molar-refractivity contribution in [1.82, 2.24) is 35.3 Å². The van der Waals surface area contributed by atoms with Crippen molar-refractivity contribution in [2.24, 2.45) is 0 Å². The van der Waals surface area contributed by atoms with Gasteiger partial charge in [0.15, 0.2) is 5.82 Å². The predicted octanol–water partition coefficient (Wildman–Crippen LogP) is 3.16. The molecule has 0 unspecified atom stereocenters. The summed E-state index contributed by atoms with van der Waals surface area (Å²) >= 11 is 0. The van der Waals surface area contributed by atoms with Crippen molar-refractivity contribution in [2.75, 3.05) is 19.8 Å². The molecule has 4 rings (SSSR count). The number of imidazole rings is 1. The molecule has 1 atom stereocenters. The molecule has 0 aliphatic rings. The van der Waals surface area contributed by atoms with Crippen LogP contribution in [0.4, 0.5) is 19.0 Å². The third kappa shape index (κ3) is 4.69. The molecule has 13 heteroatoms. The van der Waals surface area contributed by atoms with Crippen LogP contribution in [0, 0.1) is 0 Å². The van der Waals surface area contributed by atoms with Gasteiger partial charge in [-0.2, -0.15) is 13.2 Å². The number of alkyl halides is 3. The molecule has 34 heavy (non-hydrogen) atoms. The number of rotatable bonds is 6. The Morgan fingerprint density at radius 1 is 1.26 bits per heavy atom. The molecule has 0 aliphatic heterocycles. The highest BCUT2D eigenvalue weighted by Gasteiger charge is 2.31. The number of fused-ring (bicyclic) bond motifs is 1. The van der Waals surface area contributed by atoms with Crippen LogP contribution in [-0.4, -0.2) is 50.0 Å². The van der Waals surface area contributed by atoms with Crippen LogP contribution in [-0.2, 0) is 12.7 Å². The highest BCUT2D eigenvalue weighted by atomic mass is 19.4. The van der Waals surface area contributed by atoms with Gasteiger partial charge in [0.05, 0.1) is 22.6 Å². The first-order chi connectivity index (χ1) is 16.0. The fraction of sp³-hybridized carbons (Fsp3) is 0.286. The Hall–Kier alpha value is -4.00. The maximum Gasteiger partial charge on any atom is 0.416 e. The van der Waals surface area contributed by atoms with Crippen LogP contribution in [0.5, 0.6) is 0 Å². The zero-order valence-corrected chi connectivity index (χ0v) is 18.4. The molecule has 0 spiro atoms. The number of amides is 1. The quantitative estimate of drug-likeness (QED) is 0.387. The molecule has 0 aliphatic carbocycles. The molecule has 3 heterocycles. The minimum atomic E-state index is -4.47. The first-order valence-electron chi connectivity index (χ1n) is 10.1. The van der Waals surface area contributed by atoms with Gasteiger partial charge >= 0.3 is 6.18 Å². The third-order valence-electron chi connectivity index (χ3n) is 5.03. The zero-order chi connectivity index (χ0) is 24.6. The predicted molar refractivity (Wildman–Crippen MR) is 116 cm³/mol. The van der Waals surface area contributed by atoms with E-state index in [1.54, 1.807) is 13.0 Å². The molecule has 178 valence electrons. The lowest BCUT2D eigenvalue weighted by Crippen LogP contribution is -2.30. The van der Waals surface area contributed by atoms with E-state index in [0.717, 1.165) is 12.1 Å². The van der Waals surface area contributed by atoms with E-state index in [-0.39, 0.29) is 28.6 Å². The van der Waals surface area contributed by atoms with Crippen molar-refractivity contribution < 1.29 is 22.5 Å². The standard InChI is InChI=1S/C21H21F3N8O2/c1-10(28-20(33)17-12(8-32(2)3)18(25)27-9-26-17)14-7-16(34-31-14)19-29-13-5-4-11(21(22,23)24)6-15(13)30-19/h4-7,9-10H,8H2,1-3H3,(H,28,33)(H,29,30)(H2,25,26,27)/t10-/m1/s1. The topological polar surface area (TPSA) is 139 Å². The number of benzene rings is 1. The summed E-state index contributed by atoms with van der Waals surface area (Å²) in [6.45, 7) is 2.07. The van der Waals surface area contributed by atoms with Crippen LogP contribution >= 0.6 is 0 Å². The Labute approximate surface area is 191 Å². The highest BCUT2D eigenvalue weighted by molar-refractivity contribution is 5.94. The number of carbonyl (C=O) groups is 1. The number of hydrogen-bond donors (Lipinski definition) is 3. The zero-order valence-electron chi connectivity index (χ0n) is 18.4. The fourth-order valence-electron chi connectivity index (χ4n) is 3.34. The Morgan fingerprint density at radius 3 is 2.74 bits per heavy atom. The molecule has 4 N–H and O–H groups in total. The maximum absolute atomic E-state index is 13.0. The number of H-pyrrole nitrogens is 1. The van der Waals surface area contributed by atoms with Gasteiger partial charge in [-0.3, -0.25) is 4.79 Å². The van der Waals surface area contributed by atoms with E-state index in [4.69, 9.17) is 10.3 Å². The van der Waals surface area contributed by atoms with E-state index in [2.05, 4.69) is 30.4 Å². The number of halogens is 3. The van der Waals surface area contributed by atoms with Gasteiger partial charge in [-0.1, -0.05) is 5.16 Å². The molecule has 0 radical (unpaired) electrons. The number of nitrogens with two attached hydrogens (primary N) is 1.